The van der Waals surface area contributed by atoms with Gasteiger partial charge in [-0.25, -0.2) is 19.7 Å². The molecule has 32 heavy (non-hydrogen) atoms. The van der Waals surface area contributed by atoms with Gasteiger partial charge in [-0.15, -0.1) is 0 Å². The Hall–Kier alpha value is -3.74. The zero-order valence-electron chi connectivity index (χ0n) is 17.0. The van der Waals surface area contributed by atoms with Gasteiger partial charge in [-0.05, 0) is 19.1 Å². The van der Waals surface area contributed by atoms with E-state index in [0.29, 0.717) is 23.7 Å². The second-order valence-electron chi connectivity index (χ2n) is 6.89. The topological polar surface area (TPSA) is 180 Å². The monoisotopic (exact) mass is 443 g/mol. The van der Waals surface area contributed by atoms with Crippen molar-refractivity contribution in [2.75, 3.05) is 12.3 Å². The van der Waals surface area contributed by atoms with E-state index in [2.05, 4.69) is 15.0 Å². The number of fused-ring (bicyclic) bond motifs is 1. The van der Waals surface area contributed by atoms with E-state index >= 15 is 0 Å². The number of rotatable bonds is 10. The molecule has 12 heteroatoms. The minimum Gasteiger partial charge on any atom is -0.459 e. The molecule has 0 amide bonds. The summed E-state index contributed by atoms with van der Waals surface area (Å²) in [7, 11) is 0. The van der Waals surface area contributed by atoms with Crippen molar-refractivity contribution in [2.24, 2.45) is 0 Å². The van der Waals surface area contributed by atoms with E-state index in [-0.39, 0.29) is 29.2 Å². The van der Waals surface area contributed by atoms with E-state index in [9.17, 15) is 24.6 Å². The van der Waals surface area contributed by atoms with Crippen molar-refractivity contribution < 1.29 is 34.1 Å². The normalized spacial score (nSPS) is 14.0. The standard InChI is InChI=1S/C20H21N5O7/c1-11(28)17(29)15(32-10-25-9-24-16-18(21)22-8-23-19(16)25)7-31-20(30)12-2-3-13(5-26)14(4-12)6-27/h2-6,8-9,11,15,17,28-29H,7,10H2,1H3,(H2,21,22,23)/t11-,15?,17-/m0/s1. The Bertz CT molecular complexity index is 1130. The number of nitrogens with two attached hydrogens (primary N) is 1. The van der Waals surface area contributed by atoms with Crippen LogP contribution in [0, 0.1) is 0 Å². The second kappa shape index (κ2) is 10.0. The average molecular weight is 443 g/mol. The highest BCUT2D eigenvalue weighted by atomic mass is 16.6. The number of aliphatic hydroxyl groups is 2. The summed E-state index contributed by atoms with van der Waals surface area (Å²) >= 11 is 0. The molecule has 3 rings (SSSR count). The van der Waals surface area contributed by atoms with Gasteiger partial charge in [-0.2, -0.15) is 0 Å². The fourth-order valence-electron chi connectivity index (χ4n) is 2.88. The van der Waals surface area contributed by atoms with Gasteiger partial charge in [-0.1, -0.05) is 6.07 Å². The van der Waals surface area contributed by atoms with E-state index in [0.717, 1.165) is 0 Å². The maximum atomic E-state index is 12.4. The fourth-order valence-corrected chi connectivity index (χ4v) is 2.88. The van der Waals surface area contributed by atoms with Crippen LogP contribution in [-0.2, 0) is 16.2 Å². The highest BCUT2D eigenvalue weighted by Gasteiger charge is 2.27. The number of esters is 1. The molecule has 0 saturated carbocycles. The van der Waals surface area contributed by atoms with Gasteiger partial charge in [0.2, 0.25) is 0 Å². The lowest BCUT2D eigenvalue weighted by Crippen LogP contribution is -2.41. The molecule has 12 nitrogen and oxygen atoms in total. The molecule has 1 aromatic carbocycles. The molecule has 3 aromatic rings. The summed E-state index contributed by atoms with van der Waals surface area (Å²) in [5.41, 5.74) is 6.74. The predicted octanol–water partition coefficient (Wildman–Crippen LogP) is -0.0251. The van der Waals surface area contributed by atoms with E-state index < -0.39 is 30.9 Å². The number of carbonyl (C=O) groups excluding carboxylic acids is 3. The molecule has 4 N–H and O–H groups in total. The van der Waals surface area contributed by atoms with E-state index in [1.165, 1.54) is 42.3 Å². The first-order chi connectivity index (χ1) is 15.3. The van der Waals surface area contributed by atoms with Crippen LogP contribution in [0.2, 0.25) is 0 Å². The summed E-state index contributed by atoms with van der Waals surface area (Å²) in [6.07, 6.45) is -0.0118. The molecule has 0 saturated heterocycles. The van der Waals surface area contributed by atoms with E-state index in [1.807, 2.05) is 0 Å². The summed E-state index contributed by atoms with van der Waals surface area (Å²) in [6, 6.07) is 3.88. The van der Waals surface area contributed by atoms with Gasteiger partial charge in [0, 0.05) is 11.1 Å². The summed E-state index contributed by atoms with van der Waals surface area (Å²) in [5.74, 6) is -0.607. The molecule has 2 heterocycles. The van der Waals surface area contributed by atoms with Crippen LogP contribution in [0.3, 0.4) is 0 Å². The second-order valence-corrected chi connectivity index (χ2v) is 6.89. The van der Waals surface area contributed by atoms with Crippen molar-refractivity contribution >= 4 is 35.5 Å². The third-order valence-electron chi connectivity index (χ3n) is 4.69. The lowest BCUT2D eigenvalue weighted by Gasteiger charge is -2.25. The number of ether oxygens (including phenoxy) is 2. The third-order valence-corrected chi connectivity index (χ3v) is 4.69. The number of nitrogens with zero attached hydrogens (tertiary/aromatic N) is 4. The van der Waals surface area contributed by atoms with Crippen LogP contribution < -0.4 is 5.73 Å². The fraction of sp³-hybridized carbons (Fsp3) is 0.300. The van der Waals surface area contributed by atoms with Gasteiger partial charge in [-0.3, -0.25) is 14.2 Å². The molecule has 0 aliphatic carbocycles. The molecule has 0 bridgehead atoms. The summed E-state index contributed by atoms with van der Waals surface area (Å²) in [6.45, 7) is 0.820. The van der Waals surface area contributed by atoms with Crippen LogP contribution in [0.4, 0.5) is 5.82 Å². The van der Waals surface area contributed by atoms with Gasteiger partial charge in [0.1, 0.15) is 37.4 Å². The molecule has 3 atom stereocenters. The Morgan fingerprint density at radius 2 is 1.94 bits per heavy atom. The van der Waals surface area contributed by atoms with Gasteiger partial charge in [0.15, 0.2) is 24.0 Å². The summed E-state index contributed by atoms with van der Waals surface area (Å²) in [4.78, 5) is 46.4. The van der Waals surface area contributed by atoms with Crippen molar-refractivity contribution in [2.45, 2.75) is 32.0 Å². The third kappa shape index (κ3) is 4.94. The van der Waals surface area contributed by atoms with Gasteiger partial charge in [0.25, 0.3) is 0 Å². The molecular formula is C20H21N5O7. The highest BCUT2D eigenvalue weighted by Crippen LogP contribution is 2.16. The molecule has 2 aromatic heterocycles. The Labute approximate surface area is 181 Å². The summed E-state index contributed by atoms with van der Waals surface area (Å²) < 4.78 is 12.4. The van der Waals surface area contributed by atoms with Gasteiger partial charge in [0.05, 0.1) is 18.0 Å². The van der Waals surface area contributed by atoms with Crippen molar-refractivity contribution in [1.29, 1.82) is 0 Å². The first-order valence-electron chi connectivity index (χ1n) is 9.46. The summed E-state index contributed by atoms with van der Waals surface area (Å²) in [5, 5.41) is 20.1. The number of anilines is 1. The molecule has 1 unspecified atom stereocenters. The lowest BCUT2D eigenvalue weighted by atomic mass is 10.1. The first-order valence-corrected chi connectivity index (χ1v) is 9.46. The van der Waals surface area contributed by atoms with Crippen LogP contribution >= 0.6 is 0 Å². The molecule has 0 aliphatic heterocycles. The maximum absolute atomic E-state index is 12.4. The number of nitrogen functional groups attached to an aromatic ring is 1. The van der Waals surface area contributed by atoms with Gasteiger partial charge >= 0.3 is 5.97 Å². The van der Waals surface area contributed by atoms with Crippen molar-refractivity contribution in [3.8, 4) is 0 Å². The number of aliphatic hydroxyl groups excluding tert-OH is 2. The SMILES string of the molecule is C[C@H](O)[C@H](O)C(COC(=O)c1ccc(C=O)c(C=O)c1)OCn1cnc2c(N)ncnc21. The Balaban J connectivity index is 1.70. The number of benzene rings is 1. The van der Waals surface area contributed by atoms with Crippen LogP contribution in [0.1, 0.15) is 38.0 Å². The van der Waals surface area contributed by atoms with Crippen LogP contribution in [0.5, 0.6) is 0 Å². The zero-order valence-corrected chi connectivity index (χ0v) is 17.0. The number of aldehydes is 2. The maximum Gasteiger partial charge on any atom is 0.338 e. The van der Waals surface area contributed by atoms with E-state index in [4.69, 9.17) is 15.2 Å². The van der Waals surface area contributed by atoms with Gasteiger partial charge < -0.3 is 25.4 Å². The minimum absolute atomic E-state index is 0.0377. The minimum atomic E-state index is -1.37. The number of carbonyl (C=O) groups is 3. The molecule has 0 fully saturated rings. The Morgan fingerprint density at radius 1 is 1.19 bits per heavy atom. The number of hydrogen-bond acceptors (Lipinski definition) is 11. The Kier molecular flexibility index (Phi) is 7.20. The largest absolute Gasteiger partial charge is 0.459 e. The van der Waals surface area contributed by atoms with E-state index in [1.54, 1.807) is 0 Å². The lowest BCUT2D eigenvalue weighted by molar-refractivity contribution is -0.121. The number of hydrogen-bond donors (Lipinski definition) is 3. The molecule has 0 aliphatic rings. The van der Waals surface area contributed by atoms with Crippen molar-refractivity contribution in [1.82, 2.24) is 19.5 Å². The van der Waals surface area contributed by atoms with Crippen LogP contribution in [0.15, 0.2) is 30.9 Å². The predicted molar refractivity (Wildman–Crippen MR) is 110 cm³/mol. The van der Waals surface area contributed by atoms with Crippen LogP contribution in [0.25, 0.3) is 11.2 Å². The number of imidazole rings is 1. The van der Waals surface area contributed by atoms with Crippen LogP contribution in [-0.4, -0.2) is 73.2 Å². The highest BCUT2D eigenvalue weighted by molar-refractivity contribution is 5.96. The molecule has 0 radical (unpaired) electrons. The molecular weight excluding hydrogens is 422 g/mol. The van der Waals surface area contributed by atoms with Crippen molar-refractivity contribution in [3.05, 3.63) is 47.5 Å². The first kappa shape index (κ1) is 22.9. The number of aromatic nitrogens is 4. The average Bonchev–Trinajstić information content (AvgIpc) is 3.22. The quantitative estimate of drug-likeness (QED) is 0.283. The Morgan fingerprint density at radius 3 is 2.62 bits per heavy atom. The molecule has 168 valence electrons. The molecule has 0 spiro atoms. The smallest absolute Gasteiger partial charge is 0.338 e. The van der Waals surface area contributed by atoms with Crippen molar-refractivity contribution in [3.63, 3.8) is 0 Å². The zero-order chi connectivity index (χ0) is 23.3.